The summed E-state index contributed by atoms with van der Waals surface area (Å²) in [5, 5.41) is -0.281. The van der Waals surface area contributed by atoms with Crippen LogP contribution in [0.4, 0.5) is 0 Å². The molecule has 0 saturated carbocycles. The number of quaternary nitrogens is 1. The smallest absolute Gasteiger partial charge is 0.230 e. The molecular weight excluding hydrogens is 184 g/mol. The van der Waals surface area contributed by atoms with Crippen molar-refractivity contribution in [1.29, 1.82) is 0 Å². The van der Waals surface area contributed by atoms with E-state index in [1.165, 1.54) is 0 Å². The zero-order chi connectivity index (χ0) is 10.5. The second-order valence-corrected chi connectivity index (χ2v) is 4.66. The third-order valence-corrected chi connectivity index (χ3v) is 2.94. The van der Waals surface area contributed by atoms with Crippen molar-refractivity contribution >= 4 is 18.5 Å². The number of carbonyl (C=O) groups excluding carboxylic acids is 1. The number of hydrogen-bond acceptors (Lipinski definition) is 2. The van der Waals surface area contributed by atoms with Crippen LogP contribution in [0.2, 0.25) is 0 Å². The van der Waals surface area contributed by atoms with Crippen molar-refractivity contribution in [2.24, 2.45) is 5.73 Å². The molecule has 0 aromatic carbocycles. The number of thiol groups is 1. The number of rotatable bonds is 6. The molecule has 0 aliphatic carbocycles. The molecule has 0 fully saturated rings. The summed E-state index contributed by atoms with van der Waals surface area (Å²) in [6, 6.07) is 0. The zero-order valence-electron chi connectivity index (χ0n) is 8.79. The first-order chi connectivity index (χ1) is 5.89. The molecule has 1 unspecified atom stereocenters. The lowest BCUT2D eigenvalue weighted by molar-refractivity contribution is -0.888. The number of hydrogen-bond donors (Lipinski definition) is 2. The summed E-state index contributed by atoms with van der Waals surface area (Å²) in [6.45, 7) is 4.33. The molecule has 0 saturated heterocycles. The summed E-state index contributed by atoms with van der Waals surface area (Å²) in [4.78, 5) is 10.7. The van der Waals surface area contributed by atoms with Crippen LogP contribution in [0.15, 0.2) is 0 Å². The standard InChI is InChI=1S/C9H20N2OS/c1-4-11(2,3)7-5-6-8(13)9(10)12/h8H,4-7H2,1-3H3,(H2-,10,12,13)/p+1. The average molecular weight is 205 g/mol. The maximum atomic E-state index is 10.7. The lowest BCUT2D eigenvalue weighted by Gasteiger charge is -2.28. The molecule has 0 aromatic heterocycles. The van der Waals surface area contributed by atoms with E-state index in [4.69, 9.17) is 5.73 Å². The van der Waals surface area contributed by atoms with Gasteiger partial charge in [-0.25, -0.2) is 0 Å². The van der Waals surface area contributed by atoms with Crippen molar-refractivity contribution < 1.29 is 9.28 Å². The van der Waals surface area contributed by atoms with Crippen LogP contribution >= 0.6 is 12.6 Å². The molecule has 1 atom stereocenters. The number of carbonyl (C=O) groups is 1. The van der Waals surface area contributed by atoms with Crippen LogP contribution in [0.1, 0.15) is 19.8 Å². The quantitative estimate of drug-likeness (QED) is 0.485. The Morgan fingerprint density at radius 1 is 1.54 bits per heavy atom. The molecule has 0 aromatic rings. The van der Waals surface area contributed by atoms with E-state index in [1.807, 2.05) is 0 Å². The van der Waals surface area contributed by atoms with E-state index in [9.17, 15) is 4.79 Å². The minimum atomic E-state index is -0.315. The molecule has 0 aliphatic rings. The number of primary amides is 1. The van der Waals surface area contributed by atoms with Crippen LogP contribution in [0.25, 0.3) is 0 Å². The van der Waals surface area contributed by atoms with Crippen molar-refractivity contribution in [1.82, 2.24) is 0 Å². The SMILES string of the molecule is CC[N+](C)(C)CCCC(S)C(N)=O. The lowest BCUT2D eigenvalue weighted by atomic mass is 10.2. The Kier molecular flexibility index (Phi) is 5.40. The van der Waals surface area contributed by atoms with E-state index >= 15 is 0 Å². The summed E-state index contributed by atoms with van der Waals surface area (Å²) in [5.41, 5.74) is 5.10. The summed E-state index contributed by atoms with van der Waals surface area (Å²) < 4.78 is 0.985. The van der Waals surface area contributed by atoms with Crippen LogP contribution < -0.4 is 5.73 Å². The molecule has 78 valence electrons. The fraction of sp³-hybridized carbons (Fsp3) is 0.889. The highest BCUT2D eigenvalue weighted by molar-refractivity contribution is 7.81. The largest absolute Gasteiger partial charge is 0.369 e. The van der Waals surface area contributed by atoms with Gasteiger partial charge in [0, 0.05) is 0 Å². The third kappa shape index (κ3) is 5.93. The molecule has 0 rings (SSSR count). The highest BCUT2D eigenvalue weighted by atomic mass is 32.1. The summed E-state index contributed by atoms with van der Waals surface area (Å²) >= 11 is 4.10. The van der Waals surface area contributed by atoms with Crippen LogP contribution in [0.5, 0.6) is 0 Å². The van der Waals surface area contributed by atoms with Crippen LogP contribution in [-0.4, -0.2) is 42.8 Å². The van der Waals surface area contributed by atoms with Gasteiger partial charge in [0.1, 0.15) is 0 Å². The van der Waals surface area contributed by atoms with Gasteiger partial charge in [0.05, 0.1) is 32.4 Å². The Morgan fingerprint density at radius 3 is 2.46 bits per heavy atom. The van der Waals surface area contributed by atoms with E-state index in [-0.39, 0.29) is 11.2 Å². The van der Waals surface area contributed by atoms with Gasteiger partial charge in [0.2, 0.25) is 5.91 Å². The van der Waals surface area contributed by atoms with Crippen LogP contribution in [-0.2, 0) is 4.79 Å². The third-order valence-electron chi connectivity index (χ3n) is 2.43. The maximum Gasteiger partial charge on any atom is 0.230 e. The van der Waals surface area contributed by atoms with Gasteiger partial charge >= 0.3 is 0 Å². The van der Waals surface area contributed by atoms with Crippen molar-refractivity contribution in [3.05, 3.63) is 0 Å². The van der Waals surface area contributed by atoms with Gasteiger partial charge in [-0.3, -0.25) is 4.79 Å². The fourth-order valence-corrected chi connectivity index (χ4v) is 1.20. The Hall–Kier alpha value is -0.220. The molecule has 0 bridgehead atoms. The van der Waals surface area contributed by atoms with Crippen molar-refractivity contribution in [2.75, 3.05) is 27.2 Å². The predicted molar refractivity (Wildman–Crippen MR) is 58.7 cm³/mol. The molecule has 1 amide bonds. The van der Waals surface area contributed by atoms with Crippen molar-refractivity contribution in [2.45, 2.75) is 25.0 Å². The fourth-order valence-electron chi connectivity index (χ4n) is 1.01. The Labute approximate surface area is 86.3 Å². The molecule has 4 heteroatoms. The Balaban J connectivity index is 3.62. The first-order valence-electron chi connectivity index (χ1n) is 4.68. The number of nitrogens with zero attached hydrogens (tertiary/aromatic N) is 1. The van der Waals surface area contributed by atoms with E-state index in [1.54, 1.807) is 0 Å². The van der Waals surface area contributed by atoms with Crippen LogP contribution in [0, 0.1) is 0 Å². The first-order valence-corrected chi connectivity index (χ1v) is 5.20. The monoisotopic (exact) mass is 205 g/mol. The minimum Gasteiger partial charge on any atom is -0.369 e. The second kappa shape index (κ2) is 5.50. The zero-order valence-corrected chi connectivity index (χ0v) is 9.68. The molecular formula is C9H21N2OS+. The molecule has 13 heavy (non-hydrogen) atoms. The molecule has 0 spiro atoms. The Morgan fingerprint density at radius 2 is 2.08 bits per heavy atom. The predicted octanol–water partition coefficient (Wildman–Crippen LogP) is 0.647. The van der Waals surface area contributed by atoms with Gasteiger partial charge in [-0.15, -0.1) is 0 Å². The van der Waals surface area contributed by atoms with E-state index in [2.05, 4.69) is 33.6 Å². The second-order valence-electron chi connectivity index (χ2n) is 4.04. The summed E-state index contributed by atoms with van der Waals surface area (Å²) in [6.07, 6.45) is 1.78. The summed E-state index contributed by atoms with van der Waals surface area (Å²) in [5.74, 6) is -0.315. The highest BCUT2D eigenvalue weighted by Crippen LogP contribution is 2.07. The average Bonchev–Trinajstić information content (AvgIpc) is 2.04. The lowest BCUT2D eigenvalue weighted by Crippen LogP contribution is -2.40. The normalized spacial score (nSPS) is 14.2. The molecule has 0 heterocycles. The Bertz CT molecular complexity index is 171. The van der Waals surface area contributed by atoms with Gasteiger partial charge in [0.15, 0.2) is 0 Å². The summed E-state index contributed by atoms with van der Waals surface area (Å²) in [7, 11) is 4.36. The van der Waals surface area contributed by atoms with Gasteiger partial charge in [-0.05, 0) is 19.8 Å². The van der Waals surface area contributed by atoms with E-state index in [0.29, 0.717) is 0 Å². The van der Waals surface area contributed by atoms with Gasteiger partial charge in [-0.2, -0.15) is 12.6 Å². The topological polar surface area (TPSA) is 43.1 Å². The molecule has 2 N–H and O–H groups in total. The van der Waals surface area contributed by atoms with Crippen molar-refractivity contribution in [3.8, 4) is 0 Å². The van der Waals surface area contributed by atoms with Crippen LogP contribution in [0.3, 0.4) is 0 Å². The van der Waals surface area contributed by atoms with E-state index in [0.717, 1.165) is 30.4 Å². The molecule has 0 aliphatic heterocycles. The molecule has 0 radical (unpaired) electrons. The van der Waals surface area contributed by atoms with Gasteiger partial charge in [0.25, 0.3) is 0 Å². The first kappa shape index (κ1) is 12.8. The highest BCUT2D eigenvalue weighted by Gasteiger charge is 2.14. The molecule has 3 nitrogen and oxygen atoms in total. The van der Waals surface area contributed by atoms with E-state index < -0.39 is 0 Å². The van der Waals surface area contributed by atoms with Crippen molar-refractivity contribution in [3.63, 3.8) is 0 Å². The number of nitrogens with two attached hydrogens (primary N) is 1. The number of amides is 1. The maximum absolute atomic E-state index is 10.7. The van der Waals surface area contributed by atoms with Gasteiger partial charge < -0.3 is 10.2 Å². The van der Waals surface area contributed by atoms with Gasteiger partial charge in [-0.1, -0.05) is 0 Å². The minimum absolute atomic E-state index is 0.281.